The van der Waals surface area contributed by atoms with Gasteiger partial charge < -0.3 is 5.32 Å². The van der Waals surface area contributed by atoms with Gasteiger partial charge in [-0.15, -0.1) is 0 Å². The number of hydrogen-bond acceptors (Lipinski definition) is 3. The lowest BCUT2D eigenvalue weighted by Gasteiger charge is -2.16. The zero-order valence-electron chi connectivity index (χ0n) is 17.0. The van der Waals surface area contributed by atoms with Gasteiger partial charge in [0.25, 0.3) is 5.56 Å². The van der Waals surface area contributed by atoms with Gasteiger partial charge in [0.05, 0.1) is 6.54 Å². The fourth-order valence-electron chi connectivity index (χ4n) is 3.39. The molecule has 6 nitrogen and oxygen atoms in total. The van der Waals surface area contributed by atoms with Crippen molar-refractivity contribution >= 4 is 23.2 Å². The molecule has 0 unspecified atom stereocenters. The minimum atomic E-state index is -0.529. The van der Waals surface area contributed by atoms with Gasteiger partial charge in [-0.25, -0.2) is 4.79 Å². The molecule has 0 fully saturated rings. The van der Waals surface area contributed by atoms with Crippen LogP contribution in [0.3, 0.4) is 0 Å². The summed E-state index contributed by atoms with van der Waals surface area (Å²) in [6.07, 6.45) is 2.82. The molecule has 0 aliphatic heterocycles. The summed E-state index contributed by atoms with van der Waals surface area (Å²) < 4.78 is 2.36. The average Bonchev–Trinajstić information content (AvgIpc) is 2.74. The van der Waals surface area contributed by atoms with E-state index in [1.54, 1.807) is 0 Å². The molecule has 1 amide bonds. The Balaban J connectivity index is 1.88. The van der Waals surface area contributed by atoms with E-state index in [4.69, 9.17) is 11.6 Å². The number of anilines is 1. The number of hydrogen-bond donors (Lipinski definition) is 1. The van der Waals surface area contributed by atoms with Gasteiger partial charge in [-0.1, -0.05) is 61.8 Å². The van der Waals surface area contributed by atoms with Gasteiger partial charge in [-0.2, -0.15) is 0 Å². The number of aromatic nitrogens is 2. The second-order valence-corrected chi connectivity index (χ2v) is 7.36. The van der Waals surface area contributed by atoms with Crippen LogP contribution in [-0.4, -0.2) is 15.0 Å². The average molecular weight is 426 g/mol. The van der Waals surface area contributed by atoms with Crippen LogP contribution < -0.4 is 16.6 Å². The summed E-state index contributed by atoms with van der Waals surface area (Å²) in [7, 11) is 0. The van der Waals surface area contributed by atoms with Gasteiger partial charge in [-0.05, 0) is 35.6 Å². The summed E-state index contributed by atoms with van der Waals surface area (Å²) in [6, 6.07) is 14.4. The molecule has 0 saturated heterocycles. The van der Waals surface area contributed by atoms with Crippen molar-refractivity contribution in [3.8, 4) is 0 Å². The minimum Gasteiger partial charge on any atom is -0.324 e. The molecule has 0 saturated carbocycles. The van der Waals surface area contributed by atoms with Crippen LogP contribution in [0.2, 0.25) is 5.02 Å². The molecular formula is C23H24ClN3O3. The molecule has 0 aliphatic carbocycles. The van der Waals surface area contributed by atoms with Gasteiger partial charge in [0, 0.05) is 23.0 Å². The number of benzene rings is 2. The second kappa shape index (κ2) is 9.59. The van der Waals surface area contributed by atoms with Crippen molar-refractivity contribution in [2.24, 2.45) is 0 Å². The summed E-state index contributed by atoms with van der Waals surface area (Å²) >= 11 is 6.29. The molecule has 1 aromatic heterocycles. The summed E-state index contributed by atoms with van der Waals surface area (Å²) in [5, 5.41) is 3.44. The van der Waals surface area contributed by atoms with Crippen molar-refractivity contribution in [2.45, 2.75) is 39.8 Å². The van der Waals surface area contributed by atoms with Crippen molar-refractivity contribution in [3.05, 3.63) is 97.3 Å². The zero-order chi connectivity index (χ0) is 21.7. The van der Waals surface area contributed by atoms with Crippen LogP contribution in [0.5, 0.6) is 0 Å². The van der Waals surface area contributed by atoms with Crippen LogP contribution in [0.15, 0.2) is 64.3 Å². The molecule has 7 heteroatoms. The van der Waals surface area contributed by atoms with Crippen molar-refractivity contribution in [1.82, 2.24) is 9.13 Å². The SMILES string of the molecule is CCc1ccc(Cl)c(CC)c1NC(=O)Cn1c(=O)ccn(Cc2ccccc2)c1=O. The summed E-state index contributed by atoms with van der Waals surface area (Å²) in [6.45, 7) is 3.89. The Bertz CT molecular complexity index is 1170. The van der Waals surface area contributed by atoms with Crippen LogP contribution in [-0.2, 0) is 30.7 Å². The van der Waals surface area contributed by atoms with E-state index in [0.29, 0.717) is 23.7 Å². The molecule has 3 rings (SSSR count). The van der Waals surface area contributed by atoms with E-state index in [-0.39, 0.29) is 6.54 Å². The zero-order valence-corrected chi connectivity index (χ0v) is 17.8. The molecular weight excluding hydrogens is 402 g/mol. The van der Waals surface area contributed by atoms with Gasteiger partial charge in [0.15, 0.2) is 0 Å². The van der Waals surface area contributed by atoms with Crippen LogP contribution in [0.1, 0.15) is 30.5 Å². The number of nitrogens with zero attached hydrogens (tertiary/aromatic N) is 2. The Labute approximate surface area is 179 Å². The first-order chi connectivity index (χ1) is 14.4. The normalized spacial score (nSPS) is 10.8. The van der Waals surface area contributed by atoms with E-state index in [1.807, 2.05) is 56.3 Å². The van der Waals surface area contributed by atoms with E-state index in [0.717, 1.165) is 27.7 Å². The van der Waals surface area contributed by atoms with Gasteiger partial charge in [0.1, 0.15) is 6.54 Å². The largest absolute Gasteiger partial charge is 0.331 e. The third-order valence-corrected chi connectivity index (χ3v) is 5.33. The van der Waals surface area contributed by atoms with Crippen LogP contribution in [0.4, 0.5) is 5.69 Å². The van der Waals surface area contributed by atoms with Crippen molar-refractivity contribution in [1.29, 1.82) is 0 Å². The molecule has 0 atom stereocenters. The highest BCUT2D eigenvalue weighted by molar-refractivity contribution is 6.32. The molecule has 2 aromatic carbocycles. The molecule has 0 aliphatic rings. The maximum Gasteiger partial charge on any atom is 0.331 e. The fourth-order valence-corrected chi connectivity index (χ4v) is 3.68. The second-order valence-electron chi connectivity index (χ2n) is 6.95. The van der Waals surface area contributed by atoms with Gasteiger partial charge in [-0.3, -0.25) is 18.7 Å². The number of nitrogens with one attached hydrogen (secondary N) is 1. The predicted octanol–water partition coefficient (Wildman–Crippen LogP) is 3.48. The summed E-state index contributed by atoms with van der Waals surface area (Å²) in [5.41, 5.74) is 2.33. The van der Waals surface area contributed by atoms with Crippen molar-refractivity contribution in [3.63, 3.8) is 0 Å². The minimum absolute atomic E-state index is 0.315. The third-order valence-electron chi connectivity index (χ3n) is 4.98. The molecule has 1 N–H and O–H groups in total. The van der Waals surface area contributed by atoms with E-state index < -0.39 is 17.2 Å². The van der Waals surface area contributed by atoms with E-state index in [1.165, 1.54) is 16.8 Å². The van der Waals surface area contributed by atoms with Gasteiger partial charge >= 0.3 is 5.69 Å². The van der Waals surface area contributed by atoms with Crippen LogP contribution >= 0.6 is 11.6 Å². The van der Waals surface area contributed by atoms with Crippen molar-refractivity contribution in [2.75, 3.05) is 5.32 Å². The topological polar surface area (TPSA) is 73.1 Å². The molecule has 30 heavy (non-hydrogen) atoms. The number of carbonyl (C=O) groups excluding carboxylic acids is 1. The highest BCUT2D eigenvalue weighted by Gasteiger charge is 2.15. The first-order valence-corrected chi connectivity index (χ1v) is 10.3. The third kappa shape index (κ3) is 4.71. The molecule has 156 valence electrons. The predicted molar refractivity (Wildman–Crippen MR) is 119 cm³/mol. The molecule has 0 bridgehead atoms. The lowest BCUT2D eigenvalue weighted by Crippen LogP contribution is -2.42. The van der Waals surface area contributed by atoms with Gasteiger partial charge in [0.2, 0.25) is 5.91 Å². The Hall–Kier alpha value is -3.12. The molecule has 1 heterocycles. The maximum absolute atomic E-state index is 12.8. The van der Waals surface area contributed by atoms with E-state index in [9.17, 15) is 14.4 Å². The molecule has 0 spiro atoms. The first kappa shape index (κ1) is 21.6. The Morgan fingerprint density at radius 3 is 2.40 bits per heavy atom. The Kier molecular flexibility index (Phi) is 6.90. The van der Waals surface area contributed by atoms with Crippen LogP contribution in [0.25, 0.3) is 0 Å². The Morgan fingerprint density at radius 2 is 1.73 bits per heavy atom. The molecule has 3 aromatic rings. The highest BCUT2D eigenvalue weighted by atomic mass is 35.5. The standard InChI is InChI=1S/C23H24ClN3O3/c1-3-17-10-11-19(24)18(4-2)22(17)25-20(28)15-27-21(29)12-13-26(23(27)30)14-16-8-6-5-7-9-16/h5-13H,3-4,14-15H2,1-2H3,(H,25,28). The summed E-state index contributed by atoms with van der Waals surface area (Å²) in [4.78, 5) is 37.8. The number of amides is 1. The lowest BCUT2D eigenvalue weighted by atomic mass is 10.0. The first-order valence-electron chi connectivity index (χ1n) is 9.88. The number of carbonyl (C=O) groups is 1. The number of halogens is 1. The molecule has 0 radical (unpaired) electrons. The van der Waals surface area contributed by atoms with E-state index >= 15 is 0 Å². The highest BCUT2D eigenvalue weighted by Crippen LogP contribution is 2.29. The quantitative estimate of drug-likeness (QED) is 0.629. The number of rotatable bonds is 7. The summed E-state index contributed by atoms with van der Waals surface area (Å²) in [5.74, 6) is -0.446. The lowest BCUT2D eigenvalue weighted by molar-refractivity contribution is -0.116. The van der Waals surface area contributed by atoms with Crippen LogP contribution in [0, 0.1) is 0 Å². The maximum atomic E-state index is 12.8. The van der Waals surface area contributed by atoms with E-state index in [2.05, 4.69) is 5.32 Å². The number of aryl methyl sites for hydroxylation is 1. The monoisotopic (exact) mass is 425 g/mol. The van der Waals surface area contributed by atoms with Crippen molar-refractivity contribution < 1.29 is 4.79 Å². The fraction of sp³-hybridized carbons (Fsp3) is 0.261. The Morgan fingerprint density at radius 1 is 1.00 bits per heavy atom. The smallest absolute Gasteiger partial charge is 0.324 e.